The Labute approximate surface area is 184 Å². The van der Waals surface area contributed by atoms with Crippen LogP contribution in [0.25, 0.3) is 0 Å². The summed E-state index contributed by atoms with van der Waals surface area (Å²) >= 11 is 1.27. The first-order chi connectivity index (χ1) is 15.0. The number of amides is 2. The Bertz CT molecular complexity index is 990. The van der Waals surface area contributed by atoms with Crippen molar-refractivity contribution < 1.29 is 18.7 Å². The van der Waals surface area contributed by atoms with Gasteiger partial charge in [0.25, 0.3) is 0 Å². The number of aryl methyl sites for hydroxylation is 1. The van der Waals surface area contributed by atoms with E-state index >= 15 is 0 Å². The molecule has 2 heterocycles. The number of thioether (sulfide) groups is 1. The highest BCUT2D eigenvalue weighted by molar-refractivity contribution is 8.15. The summed E-state index contributed by atoms with van der Waals surface area (Å²) in [5.41, 5.74) is 1.97. The van der Waals surface area contributed by atoms with Gasteiger partial charge in [0, 0.05) is 13.0 Å². The lowest BCUT2D eigenvalue weighted by molar-refractivity contribution is -0.129. The van der Waals surface area contributed by atoms with E-state index in [2.05, 4.69) is 10.3 Å². The van der Waals surface area contributed by atoms with Gasteiger partial charge in [0.05, 0.1) is 24.0 Å². The Kier molecular flexibility index (Phi) is 6.67. The Balaban J connectivity index is 1.50. The third-order valence-corrected chi connectivity index (χ3v) is 6.38. The number of benzene rings is 2. The van der Waals surface area contributed by atoms with Gasteiger partial charge in [-0.2, -0.15) is 0 Å². The van der Waals surface area contributed by atoms with Gasteiger partial charge in [-0.15, -0.1) is 0 Å². The number of hydrogen-bond donors (Lipinski definition) is 1. The standard InChI is InChI=1S/C23H24FN3O3S/c1-15-8-10-16(11-9-15)25-23-27(14-17-5-4-12-30-17)22(29)20(31-23)13-21(28)26-19-7-3-2-6-18(19)24/h2-3,6-11,17,20H,4-5,12-14H2,1H3,(H,26,28). The number of hydrogen-bond acceptors (Lipinski definition) is 5. The number of para-hydroxylation sites is 1. The molecule has 2 unspecified atom stereocenters. The van der Waals surface area contributed by atoms with Gasteiger partial charge in [0.2, 0.25) is 11.8 Å². The molecule has 2 aliphatic rings. The summed E-state index contributed by atoms with van der Waals surface area (Å²) in [4.78, 5) is 31.9. The van der Waals surface area contributed by atoms with Crippen LogP contribution < -0.4 is 5.32 Å². The third-order valence-electron chi connectivity index (χ3n) is 5.21. The fourth-order valence-corrected chi connectivity index (χ4v) is 4.71. The first-order valence-corrected chi connectivity index (χ1v) is 11.2. The Morgan fingerprint density at radius 2 is 2.03 bits per heavy atom. The first-order valence-electron chi connectivity index (χ1n) is 10.3. The lowest BCUT2D eigenvalue weighted by atomic mass is 10.2. The van der Waals surface area contributed by atoms with Crippen molar-refractivity contribution in [1.82, 2.24) is 4.90 Å². The van der Waals surface area contributed by atoms with E-state index in [-0.39, 0.29) is 24.1 Å². The lowest BCUT2D eigenvalue weighted by Crippen LogP contribution is -2.38. The molecule has 31 heavy (non-hydrogen) atoms. The smallest absolute Gasteiger partial charge is 0.242 e. The molecule has 4 rings (SSSR count). The number of halogens is 1. The quantitative estimate of drug-likeness (QED) is 0.727. The average Bonchev–Trinajstić information content (AvgIpc) is 3.36. The van der Waals surface area contributed by atoms with E-state index < -0.39 is 17.0 Å². The number of ether oxygens (including phenoxy) is 1. The number of anilines is 1. The number of rotatable bonds is 6. The molecule has 2 aliphatic heterocycles. The van der Waals surface area contributed by atoms with E-state index in [9.17, 15) is 14.0 Å². The van der Waals surface area contributed by atoms with Crippen LogP contribution in [0.3, 0.4) is 0 Å². The number of aliphatic imine (C=N–C) groups is 1. The summed E-state index contributed by atoms with van der Waals surface area (Å²) in [5.74, 6) is -1.09. The van der Waals surface area contributed by atoms with Crippen molar-refractivity contribution >= 4 is 40.1 Å². The van der Waals surface area contributed by atoms with Gasteiger partial charge in [-0.1, -0.05) is 41.6 Å². The highest BCUT2D eigenvalue weighted by atomic mass is 32.2. The van der Waals surface area contributed by atoms with Crippen LogP contribution in [0, 0.1) is 12.7 Å². The second kappa shape index (κ2) is 9.62. The highest BCUT2D eigenvalue weighted by Crippen LogP contribution is 2.33. The predicted octanol–water partition coefficient (Wildman–Crippen LogP) is 4.27. The van der Waals surface area contributed by atoms with E-state index in [1.54, 1.807) is 17.0 Å². The molecule has 0 radical (unpaired) electrons. The molecule has 2 atom stereocenters. The molecule has 8 heteroatoms. The number of carbonyl (C=O) groups excluding carboxylic acids is 2. The lowest BCUT2D eigenvalue weighted by Gasteiger charge is -2.20. The second-order valence-electron chi connectivity index (χ2n) is 7.65. The topological polar surface area (TPSA) is 71.0 Å². The molecule has 2 saturated heterocycles. The van der Waals surface area contributed by atoms with Crippen molar-refractivity contribution in [3.63, 3.8) is 0 Å². The molecule has 2 aromatic carbocycles. The molecule has 162 valence electrons. The van der Waals surface area contributed by atoms with Crippen LogP contribution in [-0.2, 0) is 14.3 Å². The van der Waals surface area contributed by atoms with Crippen LogP contribution in [0.2, 0.25) is 0 Å². The molecular weight excluding hydrogens is 417 g/mol. The molecule has 0 bridgehead atoms. The van der Waals surface area contributed by atoms with Crippen LogP contribution in [-0.4, -0.2) is 46.4 Å². The third kappa shape index (κ3) is 5.32. The van der Waals surface area contributed by atoms with Crippen LogP contribution in [0.5, 0.6) is 0 Å². The molecular formula is C23H24FN3O3S. The van der Waals surface area contributed by atoms with Crippen molar-refractivity contribution in [1.29, 1.82) is 0 Å². The summed E-state index contributed by atoms with van der Waals surface area (Å²) in [6, 6.07) is 13.7. The maximum absolute atomic E-state index is 13.8. The summed E-state index contributed by atoms with van der Waals surface area (Å²) in [6.07, 6.45) is 1.77. The normalized spacial score (nSPS) is 22.3. The van der Waals surface area contributed by atoms with Gasteiger partial charge in [0.1, 0.15) is 11.1 Å². The molecule has 2 fully saturated rings. The van der Waals surface area contributed by atoms with Crippen molar-refractivity contribution in [3.8, 4) is 0 Å². The van der Waals surface area contributed by atoms with Crippen molar-refractivity contribution in [2.24, 2.45) is 4.99 Å². The summed E-state index contributed by atoms with van der Waals surface area (Å²) < 4.78 is 19.5. The van der Waals surface area contributed by atoms with E-state index in [1.165, 1.54) is 23.9 Å². The number of nitrogens with zero attached hydrogens (tertiary/aromatic N) is 2. The second-order valence-corrected chi connectivity index (χ2v) is 8.82. The number of nitrogens with one attached hydrogen (secondary N) is 1. The fraction of sp³-hybridized carbons (Fsp3) is 0.348. The zero-order valence-electron chi connectivity index (χ0n) is 17.2. The molecule has 1 N–H and O–H groups in total. The summed E-state index contributed by atoms with van der Waals surface area (Å²) in [6.45, 7) is 3.11. The molecule has 6 nitrogen and oxygen atoms in total. The number of carbonyl (C=O) groups is 2. The Morgan fingerprint density at radius 1 is 1.26 bits per heavy atom. The van der Waals surface area contributed by atoms with Crippen LogP contribution in [0.1, 0.15) is 24.8 Å². The van der Waals surface area contributed by atoms with Gasteiger partial charge in [-0.3, -0.25) is 14.5 Å². The maximum atomic E-state index is 13.8. The van der Waals surface area contributed by atoms with Crippen LogP contribution in [0.15, 0.2) is 53.5 Å². The highest BCUT2D eigenvalue weighted by Gasteiger charge is 2.40. The van der Waals surface area contributed by atoms with Crippen LogP contribution >= 0.6 is 11.8 Å². The van der Waals surface area contributed by atoms with E-state index in [0.29, 0.717) is 18.3 Å². The van der Waals surface area contributed by atoms with Crippen molar-refractivity contribution in [2.45, 2.75) is 37.5 Å². The molecule has 2 aromatic rings. The molecule has 0 saturated carbocycles. The van der Waals surface area contributed by atoms with Crippen molar-refractivity contribution in [3.05, 3.63) is 59.9 Å². The minimum atomic E-state index is -0.614. The molecule has 0 aliphatic carbocycles. The molecule has 2 amide bonds. The zero-order chi connectivity index (χ0) is 21.8. The molecule has 0 spiro atoms. The Hall–Kier alpha value is -2.71. The van der Waals surface area contributed by atoms with Gasteiger partial charge in [-0.05, 0) is 44.0 Å². The van der Waals surface area contributed by atoms with E-state index in [0.717, 1.165) is 24.1 Å². The van der Waals surface area contributed by atoms with Gasteiger partial charge >= 0.3 is 0 Å². The summed E-state index contributed by atoms with van der Waals surface area (Å²) in [5, 5.41) is 2.50. The van der Waals surface area contributed by atoms with E-state index in [4.69, 9.17) is 4.74 Å². The predicted molar refractivity (Wildman–Crippen MR) is 120 cm³/mol. The number of amidine groups is 1. The van der Waals surface area contributed by atoms with Crippen LogP contribution in [0.4, 0.5) is 15.8 Å². The average molecular weight is 442 g/mol. The zero-order valence-corrected chi connectivity index (χ0v) is 18.0. The minimum absolute atomic E-state index is 0.0289. The minimum Gasteiger partial charge on any atom is -0.376 e. The van der Waals surface area contributed by atoms with Gasteiger partial charge < -0.3 is 10.1 Å². The summed E-state index contributed by atoms with van der Waals surface area (Å²) in [7, 11) is 0. The fourth-order valence-electron chi connectivity index (χ4n) is 3.55. The first kappa shape index (κ1) is 21.5. The maximum Gasteiger partial charge on any atom is 0.242 e. The monoisotopic (exact) mass is 441 g/mol. The van der Waals surface area contributed by atoms with Gasteiger partial charge in [0.15, 0.2) is 5.17 Å². The van der Waals surface area contributed by atoms with E-state index in [1.807, 2.05) is 31.2 Å². The SMILES string of the molecule is Cc1ccc(N=C2SC(CC(=O)Nc3ccccc3F)C(=O)N2CC2CCCO2)cc1. The molecule has 0 aromatic heterocycles. The largest absolute Gasteiger partial charge is 0.376 e. The van der Waals surface area contributed by atoms with Gasteiger partial charge in [-0.25, -0.2) is 9.38 Å². The van der Waals surface area contributed by atoms with Crippen molar-refractivity contribution in [2.75, 3.05) is 18.5 Å². The Morgan fingerprint density at radius 3 is 2.74 bits per heavy atom.